The summed E-state index contributed by atoms with van der Waals surface area (Å²) in [5.74, 6) is 1.96. The first kappa shape index (κ1) is 20.7. The second-order valence-electron chi connectivity index (χ2n) is 7.89. The molecule has 5 nitrogen and oxygen atoms in total. The van der Waals surface area contributed by atoms with Crippen molar-refractivity contribution in [3.63, 3.8) is 0 Å². The number of hydrogen-bond donors (Lipinski definition) is 1. The average Bonchev–Trinajstić information content (AvgIpc) is 3.02. The van der Waals surface area contributed by atoms with Crippen LogP contribution < -0.4 is 5.32 Å². The molecule has 3 rings (SSSR count). The van der Waals surface area contributed by atoms with E-state index in [1.165, 1.54) is 5.56 Å². The zero-order chi connectivity index (χ0) is 18.1. The van der Waals surface area contributed by atoms with Crippen LogP contribution in [0.1, 0.15) is 39.1 Å². The molecule has 6 heteroatoms. The van der Waals surface area contributed by atoms with E-state index in [-0.39, 0.29) is 34.9 Å². The number of aromatic nitrogens is 2. The first-order chi connectivity index (χ1) is 11.8. The van der Waals surface area contributed by atoms with E-state index < -0.39 is 0 Å². The number of rotatable bonds is 4. The van der Waals surface area contributed by atoms with Crippen molar-refractivity contribution >= 4 is 29.9 Å². The Labute approximate surface area is 173 Å². The number of hydrogen-bond acceptors (Lipinski definition) is 2. The van der Waals surface area contributed by atoms with Crippen molar-refractivity contribution in [3.05, 3.63) is 54.1 Å². The summed E-state index contributed by atoms with van der Waals surface area (Å²) in [6.07, 6.45) is 3.89. The second kappa shape index (κ2) is 7.98. The molecular formula is C20H30IN5. The molecule has 1 aromatic carbocycles. The Hall–Kier alpha value is -1.57. The average molecular weight is 467 g/mol. The van der Waals surface area contributed by atoms with Gasteiger partial charge in [0, 0.05) is 43.5 Å². The topological polar surface area (TPSA) is 45.5 Å². The fraction of sp³-hybridized carbons (Fsp3) is 0.500. The van der Waals surface area contributed by atoms with Crippen molar-refractivity contribution < 1.29 is 0 Å². The summed E-state index contributed by atoms with van der Waals surface area (Å²) in [6, 6.07) is 10.5. The van der Waals surface area contributed by atoms with Crippen molar-refractivity contribution in [1.82, 2.24) is 19.8 Å². The molecule has 0 atom stereocenters. The van der Waals surface area contributed by atoms with E-state index in [0.29, 0.717) is 6.54 Å². The summed E-state index contributed by atoms with van der Waals surface area (Å²) in [5, 5.41) is 3.49. The van der Waals surface area contributed by atoms with E-state index in [1.54, 1.807) is 0 Å². The van der Waals surface area contributed by atoms with E-state index in [2.05, 4.69) is 76.7 Å². The summed E-state index contributed by atoms with van der Waals surface area (Å²) >= 11 is 0. The van der Waals surface area contributed by atoms with Crippen LogP contribution in [0.15, 0.2) is 47.7 Å². The van der Waals surface area contributed by atoms with E-state index in [0.717, 1.165) is 24.9 Å². The molecule has 1 aliphatic heterocycles. The molecule has 2 aromatic rings. The maximum absolute atomic E-state index is 4.51. The van der Waals surface area contributed by atoms with Crippen LogP contribution in [-0.4, -0.2) is 39.5 Å². The lowest BCUT2D eigenvalue weighted by Gasteiger charge is -2.62. The molecule has 0 radical (unpaired) electrons. The minimum absolute atomic E-state index is 0. The highest BCUT2D eigenvalue weighted by atomic mass is 127. The highest BCUT2D eigenvalue weighted by molar-refractivity contribution is 14.0. The summed E-state index contributed by atoms with van der Waals surface area (Å²) in [7, 11) is 1.85. The van der Waals surface area contributed by atoms with Crippen molar-refractivity contribution in [2.45, 2.75) is 46.3 Å². The normalized spacial score (nSPS) is 18.0. The van der Waals surface area contributed by atoms with Crippen LogP contribution in [-0.2, 0) is 13.1 Å². The minimum atomic E-state index is 0. The predicted octanol–water partition coefficient (Wildman–Crippen LogP) is 3.75. The molecule has 2 heterocycles. The van der Waals surface area contributed by atoms with Crippen LogP contribution in [0.2, 0.25) is 0 Å². The third-order valence-corrected chi connectivity index (χ3v) is 5.75. The van der Waals surface area contributed by atoms with Gasteiger partial charge in [0.1, 0.15) is 5.82 Å². The van der Waals surface area contributed by atoms with Gasteiger partial charge in [0.2, 0.25) is 0 Å². The van der Waals surface area contributed by atoms with Crippen LogP contribution in [0.3, 0.4) is 0 Å². The van der Waals surface area contributed by atoms with E-state index in [4.69, 9.17) is 0 Å². The van der Waals surface area contributed by atoms with Gasteiger partial charge in [-0.1, -0.05) is 44.2 Å². The van der Waals surface area contributed by atoms with Crippen LogP contribution in [0.4, 0.5) is 0 Å². The van der Waals surface area contributed by atoms with Crippen molar-refractivity contribution in [2.75, 3.05) is 13.6 Å². The van der Waals surface area contributed by atoms with E-state index in [9.17, 15) is 0 Å². The molecule has 1 aliphatic rings. The number of imidazole rings is 1. The Morgan fingerprint density at radius 2 is 1.88 bits per heavy atom. The smallest absolute Gasteiger partial charge is 0.194 e. The van der Waals surface area contributed by atoms with Gasteiger partial charge in [0.15, 0.2) is 5.96 Å². The maximum atomic E-state index is 4.51. The zero-order valence-corrected chi connectivity index (χ0v) is 18.7. The number of nitrogens with one attached hydrogen (secondary N) is 1. The second-order valence-corrected chi connectivity index (χ2v) is 7.89. The number of aliphatic imine (C=N–C) groups is 1. The number of benzene rings is 1. The highest BCUT2D eigenvalue weighted by Gasteiger charge is 2.53. The summed E-state index contributed by atoms with van der Waals surface area (Å²) in [4.78, 5) is 11.3. The first-order valence-corrected chi connectivity index (χ1v) is 8.87. The van der Waals surface area contributed by atoms with Gasteiger partial charge in [0.05, 0.1) is 6.54 Å². The molecule has 0 bridgehead atoms. The van der Waals surface area contributed by atoms with Gasteiger partial charge in [-0.25, -0.2) is 4.98 Å². The lowest BCUT2D eigenvalue weighted by atomic mass is 9.65. The molecule has 1 aromatic heterocycles. The summed E-state index contributed by atoms with van der Waals surface area (Å²) in [5.41, 5.74) is 1.65. The number of guanidine groups is 1. The third-order valence-electron chi connectivity index (χ3n) is 5.75. The van der Waals surface area contributed by atoms with Gasteiger partial charge in [-0.2, -0.15) is 0 Å². The van der Waals surface area contributed by atoms with Gasteiger partial charge >= 0.3 is 0 Å². The van der Waals surface area contributed by atoms with Gasteiger partial charge in [-0.05, 0) is 19.4 Å². The Morgan fingerprint density at radius 1 is 1.19 bits per heavy atom. The van der Waals surface area contributed by atoms with E-state index in [1.807, 2.05) is 25.5 Å². The summed E-state index contributed by atoms with van der Waals surface area (Å²) in [6.45, 7) is 11.7. The first-order valence-electron chi connectivity index (χ1n) is 8.87. The quantitative estimate of drug-likeness (QED) is 0.424. The molecule has 0 amide bonds. The fourth-order valence-corrected chi connectivity index (χ4v) is 3.28. The Bertz CT molecular complexity index is 749. The lowest BCUT2D eigenvalue weighted by molar-refractivity contribution is -0.0668. The van der Waals surface area contributed by atoms with Crippen molar-refractivity contribution in [3.8, 4) is 0 Å². The number of nitrogens with zero attached hydrogens (tertiary/aromatic N) is 4. The van der Waals surface area contributed by atoms with Crippen LogP contribution >= 0.6 is 24.0 Å². The van der Waals surface area contributed by atoms with Gasteiger partial charge in [0.25, 0.3) is 0 Å². The molecule has 0 aliphatic carbocycles. The van der Waals surface area contributed by atoms with Crippen LogP contribution in [0.5, 0.6) is 0 Å². The Kier molecular flexibility index (Phi) is 6.37. The number of likely N-dealkylation sites (tertiary alicyclic amines) is 1. The zero-order valence-electron chi connectivity index (χ0n) is 16.4. The Morgan fingerprint density at radius 3 is 2.46 bits per heavy atom. The molecule has 1 fully saturated rings. The van der Waals surface area contributed by atoms with Crippen LogP contribution in [0, 0.1) is 5.41 Å². The van der Waals surface area contributed by atoms with Gasteiger partial charge < -0.3 is 14.8 Å². The highest BCUT2D eigenvalue weighted by Crippen LogP contribution is 2.46. The molecule has 26 heavy (non-hydrogen) atoms. The largest absolute Gasteiger partial charge is 0.349 e. The Balaban J connectivity index is 0.00000243. The molecular weight excluding hydrogens is 437 g/mol. The van der Waals surface area contributed by atoms with Crippen molar-refractivity contribution in [1.29, 1.82) is 0 Å². The van der Waals surface area contributed by atoms with E-state index >= 15 is 0 Å². The van der Waals surface area contributed by atoms with Crippen molar-refractivity contribution in [2.24, 2.45) is 10.4 Å². The van der Waals surface area contributed by atoms with Gasteiger partial charge in [-0.15, -0.1) is 24.0 Å². The third kappa shape index (κ3) is 3.89. The molecule has 1 saturated heterocycles. The molecule has 1 N–H and O–H groups in total. The lowest BCUT2D eigenvalue weighted by Crippen LogP contribution is -2.72. The molecule has 0 spiro atoms. The monoisotopic (exact) mass is 467 g/mol. The summed E-state index contributed by atoms with van der Waals surface area (Å²) < 4.78 is 2.18. The number of halogens is 1. The molecule has 0 unspecified atom stereocenters. The molecule has 142 valence electrons. The van der Waals surface area contributed by atoms with Crippen LogP contribution in [0.25, 0.3) is 0 Å². The maximum Gasteiger partial charge on any atom is 0.194 e. The van der Waals surface area contributed by atoms with Gasteiger partial charge in [-0.3, -0.25) is 4.99 Å². The predicted molar refractivity (Wildman–Crippen MR) is 118 cm³/mol. The molecule has 0 saturated carbocycles. The minimum Gasteiger partial charge on any atom is -0.349 e. The SMILES string of the molecule is CN=C(NCc1nccn1Cc1ccccc1)N1CC(C)(C)C1(C)C.I. The standard InChI is InChI=1S/C20H29N5.HI/c1-19(2)15-25(20(19,3)4)18(21-5)23-13-17-22-11-12-24(17)14-16-9-7-6-8-10-16;/h6-12H,13-15H2,1-5H3,(H,21,23);1H. The fourth-order valence-electron chi connectivity index (χ4n) is 3.28.